The summed E-state index contributed by atoms with van der Waals surface area (Å²) in [6, 6.07) is 10.7. The van der Waals surface area contributed by atoms with Gasteiger partial charge in [0.1, 0.15) is 5.75 Å². The molecule has 0 unspecified atom stereocenters. The number of aryl methyl sites for hydroxylation is 1. The molecule has 0 saturated carbocycles. The van der Waals surface area contributed by atoms with Crippen molar-refractivity contribution in [3.8, 4) is 5.75 Å². The van der Waals surface area contributed by atoms with Gasteiger partial charge >= 0.3 is 0 Å². The van der Waals surface area contributed by atoms with Gasteiger partial charge in [0.05, 0.1) is 18.0 Å². The highest BCUT2D eigenvalue weighted by Crippen LogP contribution is 2.15. The molecule has 0 fully saturated rings. The van der Waals surface area contributed by atoms with Crippen LogP contribution in [0.2, 0.25) is 0 Å². The zero-order valence-corrected chi connectivity index (χ0v) is 11.0. The van der Waals surface area contributed by atoms with E-state index in [1.807, 2.05) is 19.9 Å². The van der Waals surface area contributed by atoms with Crippen LogP contribution in [0.5, 0.6) is 5.75 Å². The molecule has 1 aromatic heterocycles. The van der Waals surface area contributed by atoms with Crippen molar-refractivity contribution < 1.29 is 9.53 Å². The number of pyridine rings is 1. The Morgan fingerprint density at radius 3 is 2.63 bits per heavy atom. The van der Waals surface area contributed by atoms with E-state index in [1.165, 1.54) is 0 Å². The Hall–Kier alpha value is -2.36. The first-order chi connectivity index (χ1) is 9.20. The van der Waals surface area contributed by atoms with Crippen LogP contribution in [-0.2, 0) is 0 Å². The van der Waals surface area contributed by atoms with Crippen LogP contribution in [0.1, 0.15) is 23.0 Å². The van der Waals surface area contributed by atoms with Crippen molar-refractivity contribution in [1.82, 2.24) is 4.98 Å². The molecule has 2 aromatic rings. The lowest BCUT2D eigenvalue weighted by Gasteiger charge is -2.08. The molecule has 1 aromatic carbocycles. The zero-order chi connectivity index (χ0) is 13.7. The maximum Gasteiger partial charge on any atom is 0.255 e. The SMILES string of the molecule is CCOc1ccc(C(=O)Nc2cccnc2C)cc1. The van der Waals surface area contributed by atoms with Crippen LogP contribution < -0.4 is 10.1 Å². The van der Waals surface area contributed by atoms with Crippen molar-refractivity contribution in [2.75, 3.05) is 11.9 Å². The van der Waals surface area contributed by atoms with Crippen molar-refractivity contribution in [1.29, 1.82) is 0 Å². The Morgan fingerprint density at radius 2 is 2.00 bits per heavy atom. The van der Waals surface area contributed by atoms with Crippen molar-refractivity contribution >= 4 is 11.6 Å². The van der Waals surface area contributed by atoms with Crippen LogP contribution >= 0.6 is 0 Å². The Morgan fingerprint density at radius 1 is 1.26 bits per heavy atom. The smallest absolute Gasteiger partial charge is 0.255 e. The molecule has 0 radical (unpaired) electrons. The standard InChI is InChI=1S/C15H16N2O2/c1-3-19-13-8-6-12(7-9-13)15(18)17-14-5-4-10-16-11(14)2/h4-10H,3H2,1-2H3,(H,17,18). The van der Waals surface area contributed by atoms with Gasteiger partial charge in [-0.25, -0.2) is 0 Å². The molecule has 1 heterocycles. The first-order valence-electron chi connectivity index (χ1n) is 6.16. The molecule has 4 nitrogen and oxygen atoms in total. The summed E-state index contributed by atoms with van der Waals surface area (Å²) in [4.78, 5) is 16.2. The number of aromatic nitrogens is 1. The van der Waals surface area contributed by atoms with Crippen molar-refractivity contribution in [2.45, 2.75) is 13.8 Å². The fraction of sp³-hybridized carbons (Fsp3) is 0.200. The largest absolute Gasteiger partial charge is 0.494 e. The third-order valence-electron chi connectivity index (χ3n) is 2.68. The maximum atomic E-state index is 12.1. The molecule has 0 aliphatic heterocycles. The zero-order valence-electron chi connectivity index (χ0n) is 11.0. The van der Waals surface area contributed by atoms with E-state index >= 15 is 0 Å². The lowest BCUT2D eigenvalue weighted by atomic mass is 10.2. The van der Waals surface area contributed by atoms with Gasteiger partial charge in [-0.1, -0.05) is 0 Å². The monoisotopic (exact) mass is 256 g/mol. The Labute approximate surface area is 112 Å². The average molecular weight is 256 g/mol. The van der Waals surface area contributed by atoms with Gasteiger partial charge in [0.25, 0.3) is 5.91 Å². The number of hydrogen-bond donors (Lipinski definition) is 1. The number of nitrogens with one attached hydrogen (secondary N) is 1. The van der Waals surface area contributed by atoms with Crippen LogP contribution in [0.4, 0.5) is 5.69 Å². The molecule has 0 aliphatic rings. The second-order valence-electron chi connectivity index (χ2n) is 4.05. The molecule has 4 heteroatoms. The first kappa shape index (κ1) is 13.1. The van der Waals surface area contributed by atoms with E-state index in [0.717, 1.165) is 17.1 Å². The minimum atomic E-state index is -0.154. The Bertz CT molecular complexity index is 565. The summed E-state index contributed by atoms with van der Waals surface area (Å²) >= 11 is 0. The number of ether oxygens (including phenoxy) is 1. The van der Waals surface area contributed by atoms with Gasteiger partial charge in [0.15, 0.2) is 0 Å². The quantitative estimate of drug-likeness (QED) is 0.914. The molecular formula is C15H16N2O2. The highest BCUT2D eigenvalue weighted by Gasteiger charge is 2.07. The number of benzene rings is 1. The second-order valence-corrected chi connectivity index (χ2v) is 4.05. The molecular weight excluding hydrogens is 240 g/mol. The summed E-state index contributed by atoms with van der Waals surface area (Å²) in [5.41, 5.74) is 2.11. The van der Waals surface area contributed by atoms with E-state index in [2.05, 4.69) is 10.3 Å². The topological polar surface area (TPSA) is 51.2 Å². The Kier molecular flexibility index (Phi) is 4.13. The van der Waals surface area contributed by atoms with E-state index in [1.54, 1.807) is 36.5 Å². The third-order valence-corrected chi connectivity index (χ3v) is 2.68. The predicted molar refractivity (Wildman–Crippen MR) is 74.5 cm³/mol. The number of carbonyl (C=O) groups is 1. The van der Waals surface area contributed by atoms with Gasteiger partial charge in [-0.3, -0.25) is 9.78 Å². The molecule has 0 atom stereocenters. The van der Waals surface area contributed by atoms with Gasteiger partial charge in [-0.15, -0.1) is 0 Å². The lowest BCUT2D eigenvalue weighted by molar-refractivity contribution is 0.102. The summed E-state index contributed by atoms with van der Waals surface area (Å²) in [7, 11) is 0. The van der Waals surface area contributed by atoms with Crippen LogP contribution in [0.3, 0.4) is 0 Å². The normalized spacial score (nSPS) is 10.0. The molecule has 1 N–H and O–H groups in total. The number of nitrogens with zero attached hydrogens (tertiary/aromatic N) is 1. The van der Waals surface area contributed by atoms with Gasteiger partial charge in [0.2, 0.25) is 0 Å². The molecule has 2 rings (SSSR count). The van der Waals surface area contributed by atoms with E-state index in [0.29, 0.717) is 12.2 Å². The van der Waals surface area contributed by atoms with E-state index in [9.17, 15) is 4.79 Å². The van der Waals surface area contributed by atoms with Crippen molar-refractivity contribution in [3.05, 3.63) is 53.9 Å². The fourth-order valence-corrected chi connectivity index (χ4v) is 1.68. The highest BCUT2D eigenvalue weighted by molar-refractivity contribution is 6.04. The lowest BCUT2D eigenvalue weighted by Crippen LogP contribution is -2.13. The number of hydrogen-bond acceptors (Lipinski definition) is 3. The van der Waals surface area contributed by atoms with Crippen LogP contribution in [0.25, 0.3) is 0 Å². The molecule has 0 saturated heterocycles. The summed E-state index contributed by atoms with van der Waals surface area (Å²) in [6.45, 7) is 4.39. The van der Waals surface area contributed by atoms with Gasteiger partial charge in [0, 0.05) is 11.8 Å². The minimum absolute atomic E-state index is 0.154. The molecule has 98 valence electrons. The van der Waals surface area contributed by atoms with Gasteiger partial charge in [-0.2, -0.15) is 0 Å². The molecule has 0 spiro atoms. The summed E-state index contributed by atoms with van der Waals surface area (Å²) in [5.74, 6) is 0.607. The summed E-state index contributed by atoms with van der Waals surface area (Å²) in [6.07, 6.45) is 1.70. The van der Waals surface area contributed by atoms with Crippen LogP contribution in [-0.4, -0.2) is 17.5 Å². The Balaban J connectivity index is 2.10. The number of carbonyl (C=O) groups excluding carboxylic acids is 1. The highest BCUT2D eigenvalue weighted by atomic mass is 16.5. The van der Waals surface area contributed by atoms with Crippen LogP contribution in [0, 0.1) is 6.92 Å². The molecule has 0 bridgehead atoms. The van der Waals surface area contributed by atoms with Gasteiger partial charge < -0.3 is 10.1 Å². The maximum absolute atomic E-state index is 12.1. The fourth-order valence-electron chi connectivity index (χ4n) is 1.68. The number of amides is 1. The molecule has 0 aliphatic carbocycles. The molecule has 1 amide bonds. The van der Waals surface area contributed by atoms with Crippen molar-refractivity contribution in [2.24, 2.45) is 0 Å². The second kappa shape index (κ2) is 6.00. The third kappa shape index (κ3) is 3.31. The number of anilines is 1. The van der Waals surface area contributed by atoms with Crippen LogP contribution in [0.15, 0.2) is 42.6 Å². The van der Waals surface area contributed by atoms with E-state index < -0.39 is 0 Å². The molecule has 19 heavy (non-hydrogen) atoms. The summed E-state index contributed by atoms with van der Waals surface area (Å²) in [5, 5.41) is 2.84. The van der Waals surface area contributed by atoms with E-state index in [4.69, 9.17) is 4.74 Å². The average Bonchev–Trinajstić information content (AvgIpc) is 2.42. The summed E-state index contributed by atoms with van der Waals surface area (Å²) < 4.78 is 5.34. The van der Waals surface area contributed by atoms with E-state index in [-0.39, 0.29) is 5.91 Å². The first-order valence-corrected chi connectivity index (χ1v) is 6.16. The van der Waals surface area contributed by atoms with Crippen molar-refractivity contribution in [3.63, 3.8) is 0 Å². The predicted octanol–water partition coefficient (Wildman–Crippen LogP) is 3.04. The minimum Gasteiger partial charge on any atom is -0.494 e. The number of rotatable bonds is 4. The van der Waals surface area contributed by atoms with Gasteiger partial charge in [-0.05, 0) is 50.2 Å².